The number of ether oxygens (including phenoxy) is 1. The molecule has 0 aromatic carbocycles. The van der Waals surface area contributed by atoms with Crippen molar-refractivity contribution in [2.24, 2.45) is 0 Å². The molecule has 0 radical (unpaired) electrons. The average molecular weight is 306 g/mol. The summed E-state index contributed by atoms with van der Waals surface area (Å²) >= 11 is 1.39. The molecule has 2 heterocycles. The van der Waals surface area contributed by atoms with Gasteiger partial charge in [-0.05, 0) is 30.4 Å². The van der Waals surface area contributed by atoms with Gasteiger partial charge in [0.15, 0.2) is 0 Å². The maximum absolute atomic E-state index is 5.97. The van der Waals surface area contributed by atoms with Crippen LogP contribution in [0.25, 0.3) is 11.1 Å². The van der Waals surface area contributed by atoms with Crippen LogP contribution in [0.2, 0.25) is 0 Å². The highest BCUT2D eigenvalue weighted by Gasteiger charge is 2.13. The number of anilines is 2. The van der Waals surface area contributed by atoms with E-state index in [2.05, 4.69) is 21.6 Å². The Morgan fingerprint density at radius 1 is 1.33 bits per heavy atom. The van der Waals surface area contributed by atoms with Gasteiger partial charge in [-0.2, -0.15) is 4.37 Å². The summed E-state index contributed by atoms with van der Waals surface area (Å²) in [6.45, 7) is 4.65. The van der Waals surface area contributed by atoms with E-state index in [-0.39, 0.29) is 0 Å². The molecule has 2 rings (SSSR count). The third-order valence-corrected chi connectivity index (χ3v) is 3.88. The Labute approximate surface area is 129 Å². The largest absolute Gasteiger partial charge is 0.382 e. The lowest BCUT2D eigenvalue weighted by molar-refractivity contribution is 0.131. The van der Waals surface area contributed by atoms with Crippen LogP contribution < -0.4 is 11.1 Å². The molecule has 0 amide bonds. The van der Waals surface area contributed by atoms with Crippen molar-refractivity contribution < 1.29 is 4.74 Å². The molecule has 0 bridgehead atoms. The quantitative estimate of drug-likeness (QED) is 0.695. The number of pyridine rings is 1. The van der Waals surface area contributed by atoms with Crippen molar-refractivity contribution >= 4 is 22.4 Å². The summed E-state index contributed by atoms with van der Waals surface area (Å²) in [4.78, 5) is 4.13. The first kappa shape index (κ1) is 15.7. The topological polar surface area (TPSA) is 73.1 Å². The van der Waals surface area contributed by atoms with E-state index in [1.807, 2.05) is 12.1 Å². The lowest BCUT2D eigenvalue weighted by atomic mass is 10.1. The highest BCUT2D eigenvalue weighted by molar-refractivity contribution is 7.11. The minimum absolute atomic E-state index is 0.551. The van der Waals surface area contributed by atoms with E-state index in [1.165, 1.54) is 18.0 Å². The van der Waals surface area contributed by atoms with Crippen LogP contribution in [0.1, 0.15) is 26.2 Å². The standard InChI is InChI=1S/C15H22N4OS/c1-2-3-9-20-10-5-8-18-15-13(14(16)19-21-15)12-6-4-7-17-11-12/h4,6-7,11,18H,2-3,5,8-10H2,1H3,(H2,16,19). The summed E-state index contributed by atoms with van der Waals surface area (Å²) in [5, 5.41) is 4.39. The number of hydrogen-bond acceptors (Lipinski definition) is 6. The third kappa shape index (κ3) is 4.68. The number of aromatic nitrogens is 2. The van der Waals surface area contributed by atoms with Gasteiger partial charge in [0.05, 0.1) is 5.56 Å². The minimum Gasteiger partial charge on any atom is -0.382 e. The molecular weight excluding hydrogens is 284 g/mol. The number of unbranched alkanes of at least 4 members (excludes halogenated alkanes) is 1. The molecular formula is C15H22N4OS. The summed E-state index contributed by atoms with van der Waals surface area (Å²) in [5.41, 5.74) is 7.90. The van der Waals surface area contributed by atoms with Crippen LogP contribution in [-0.4, -0.2) is 29.1 Å². The molecule has 6 heteroatoms. The molecule has 0 atom stereocenters. The summed E-state index contributed by atoms with van der Waals surface area (Å²) < 4.78 is 9.78. The molecule has 0 saturated heterocycles. The molecule has 0 saturated carbocycles. The number of nitrogens with zero attached hydrogens (tertiary/aromatic N) is 2. The van der Waals surface area contributed by atoms with Gasteiger partial charge >= 0.3 is 0 Å². The zero-order valence-electron chi connectivity index (χ0n) is 12.3. The maximum atomic E-state index is 5.97. The molecule has 0 aliphatic rings. The number of rotatable bonds is 9. The zero-order valence-corrected chi connectivity index (χ0v) is 13.2. The SMILES string of the molecule is CCCCOCCCNc1snc(N)c1-c1cccnc1. The van der Waals surface area contributed by atoms with Crippen molar-refractivity contribution in [1.29, 1.82) is 0 Å². The predicted molar refractivity (Wildman–Crippen MR) is 88.6 cm³/mol. The van der Waals surface area contributed by atoms with Crippen molar-refractivity contribution in [1.82, 2.24) is 9.36 Å². The first-order valence-electron chi connectivity index (χ1n) is 7.30. The monoisotopic (exact) mass is 306 g/mol. The Hall–Kier alpha value is -1.66. The van der Waals surface area contributed by atoms with Crippen LogP contribution >= 0.6 is 11.5 Å². The van der Waals surface area contributed by atoms with E-state index in [1.54, 1.807) is 12.4 Å². The van der Waals surface area contributed by atoms with E-state index < -0.39 is 0 Å². The first-order chi connectivity index (χ1) is 10.3. The summed E-state index contributed by atoms with van der Waals surface area (Å²) in [7, 11) is 0. The van der Waals surface area contributed by atoms with Gasteiger partial charge in [0.25, 0.3) is 0 Å². The second-order valence-corrected chi connectivity index (χ2v) is 5.53. The Kier molecular flexibility index (Phi) is 6.43. The average Bonchev–Trinajstić information content (AvgIpc) is 2.88. The molecule has 5 nitrogen and oxygen atoms in total. The molecule has 21 heavy (non-hydrogen) atoms. The van der Waals surface area contributed by atoms with E-state index in [9.17, 15) is 0 Å². The lowest BCUT2D eigenvalue weighted by Crippen LogP contribution is -2.06. The van der Waals surface area contributed by atoms with Crippen LogP contribution in [0.3, 0.4) is 0 Å². The first-order valence-corrected chi connectivity index (χ1v) is 8.07. The molecule has 0 unspecified atom stereocenters. The molecule has 114 valence electrons. The van der Waals surface area contributed by atoms with Crippen molar-refractivity contribution in [3.8, 4) is 11.1 Å². The highest BCUT2D eigenvalue weighted by Crippen LogP contribution is 2.36. The van der Waals surface area contributed by atoms with Gasteiger partial charge in [0.2, 0.25) is 0 Å². The second kappa shape index (κ2) is 8.59. The van der Waals surface area contributed by atoms with Gasteiger partial charge in [-0.15, -0.1) is 0 Å². The Bertz CT molecular complexity index is 530. The fourth-order valence-corrected chi connectivity index (χ4v) is 2.70. The fourth-order valence-electron chi connectivity index (χ4n) is 1.94. The molecule has 0 fully saturated rings. The van der Waals surface area contributed by atoms with E-state index in [0.29, 0.717) is 5.82 Å². The fraction of sp³-hybridized carbons (Fsp3) is 0.467. The van der Waals surface area contributed by atoms with Crippen molar-refractivity contribution in [2.75, 3.05) is 30.8 Å². The van der Waals surface area contributed by atoms with E-state index in [4.69, 9.17) is 10.5 Å². The van der Waals surface area contributed by atoms with Gasteiger partial charge in [-0.3, -0.25) is 4.98 Å². The summed E-state index contributed by atoms with van der Waals surface area (Å²) in [6.07, 6.45) is 6.82. The second-order valence-electron chi connectivity index (χ2n) is 4.76. The van der Waals surface area contributed by atoms with Crippen LogP contribution in [0.4, 0.5) is 10.8 Å². The van der Waals surface area contributed by atoms with Gasteiger partial charge in [0, 0.05) is 37.7 Å². The number of nitrogen functional groups attached to an aromatic ring is 1. The Balaban J connectivity index is 1.84. The maximum Gasteiger partial charge on any atom is 0.147 e. The molecule has 3 N–H and O–H groups in total. The lowest BCUT2D eigenvalue weighted by Gasteiger charge is -2.07. The molecule has 0 aliphatic carbocycles. The zero-order chi connectivity index (χ0) is 14.9. The number of nitrogens with two attached hydrogens (primary N) is 1. The smallest absolute Gasteiger partial charge is 0.147 e. The van der Waals surface area contributed by atoms with Crippen LogP contribution in [0, 0.1) is 0 Å². The highest BCUT2D eigenvalue weighted by atomic mass is 32.1. The third-order valence-electron chi connectivity index (χ3n) is 3.06. The van der Waals surface area contributed by atoms with Gasteiger partial charge < -0.3 is 15.8 Å². The summed E-state index contributed by atoms with van der Waals surface area (Å²) in [5.74, 6) is 0.551. The molecule has 0 spiro atoms. The summed E-state index contributed by atoms with van der Waals surface area (Å²) in [6, 6.07) is 3.89. The minimum atomic E-state index is 0.551. The van der Waals surface area contributed by atoms with E-state index in [0.717, 1.165) is 48.7 Å². The molecule has 2 aromatic rings. The van der Waals surface area contributed by atoms with Gasteiger partial charge in [-0.25, -0.2) is 0 Å². The van der Waals surface area contributed by atoms with Crippen molar-refractivity contribution in [3.63, 3.8) is 0 Å². The number of hydrogen-bond donors (Lipinski definition) is 2. The molecule has 0 aliphatic heterocycles. The normalized spacial score (nSPS) is 10.7. The number of nitrogens with one attached hydrogen (secondary N) is 1. The Morgan fingerprint density at radius 2 is 2.19 bits per heavy atom. The van der Waals surface area contributed by atoms with Gasteiger partial charge in [0.1, 0.15) is 10.8 Å². The van der Waals surface area contributed by atoms with Gasteiger partial charge in [-0.1, -0.05) is 19.4 Å². The molecule has 2 aromatic heterocycles. The van der Waals surface area contributed by atoms with Crippen LogP contribution in [-0.2, 0) is 4.74 Å². The Morgan fingerprint density at radius 3 is 2.95 bits per heavy atom. The van der Waals surface area contributed by atoms with Crippen LogP contribution in [0.5, 0.6) is 0 Å². The predicted octanol–water partition coefficient (Wildman–Crippen LogP) is 3.41. The van der Waals surface area contributed by atoms with Crippen molar-refractivity contribution in [3.05, 3.63) is 24.5 Å². The van der Waals surface area contributed by atoms with E-state index >= 15 is 0 Å². The van der Waals surface area contributed by atoms with Crippen LogP contribution in [0.15, 0.2) is 24.5 Å². The van der Waals surface area contributed by atoms with Crippen molar-refractivity contribution in [2.45, 2.75) is 26.2 Å².